The summed E-state index contributed by atoms with van der Waals surface area (Å²) in [7, 11) is 0. The van der Waals surface area contributed by atoms with Crippen molar-refractivity contribution in [3.63, 3.8) is 0 Å². The summed E-state index contributed by atoms with van der Waals surface area (Å²) in [5.74, 6) is 0. The average molecular weight is 163 g/mol. The summed E-state index contributed by atoms with van der Waals surface area (Å²) in [5.41, 5.74) is 4.90. The van der Waals surface area contributed by atoms with Crippen molar-refractivity contribution in [1.82, 2.24) is 4.90 Å². The molecule has 0 aromatic carbocycles. The van der Waals surface area contributed by atoms with E-state index in [1.807, 2.05) is 0 Å². The molecule has 1 aliphatic rings. The Bertz CT molecular complexity index is 166. The van der Waals surface area contributed by atoms with Crippen molar-refractivity contribution in [3.8, 4) is 0 Å². The first-order valence-electron chi connectivity index (χ1n) is 2.37. The van der Waals surface area contributed by atoms with Gasteiger partial charge in [0.25, 0.3) is 0 Å². The van der Waals surface area contributed by atoms with Crippen LogP contribution in [0.5, 0.6) is 0 Å². The van der Waals surface area contributed by atoms with Gasteiger partial charge in [-0.2, -0.15) is 0 Å². The normalized spacial score (nSPS) is 13.8. The molecule has 0 spiro atoms. The van der Waals surface area contributed by atoms with Gasteiger partial charge in [-0.3, -0.25) is 4.90 Å². The van der Waals surface area contributed by atoms with Crippen LogP contribution in [0, 0.1) is 0 Å². The number of amides is 2. The fourth-order valence-electron chi connectivity index (χ4n) is 0.443. The van der Waals surface area contributed by atoms with Gasteiger partial charge in [-0.1, -0.05) is 0 Å². The smallest absolute Gasteiger partial charge is 0.323 e. The van der Waals surface area contributed by atoms with Crippen molar-refractivity contribution in [2.45, 2.75) is 0 Å². The number of nitrogens with two attached hydrogens (primary N) is 1. The van der Waals surface area contributed by atoms with Crippen LogP contribution < -0.4 is 5.73 Å². The molecule has 0 aromatic heterocycles. The monoisotopic (exact) mass is 162 g/mol. The van der Waals surface area contributed by atoms with Gasteiger partial charge in [0, 0.05) is 12.4 Å². The molecule has 0 unspecified atom stereocenters. The molecule has 0 bridgehead atoms. The molecule has 4 nitrogen and oxygen atoms in total. The third-order valence-electron chi connectivity index (χ3n) is 0.855. The Morgan fingerprint density at radius 1 is 1.40 bits per heavy atom. The summed E-state index contributed by atoms with van der Waals surface area (Å²) in [6, 6.07) is -0.522. The largest absolute Gasteiger partial charge is 0.470 e. The van der Waals surface area contributed by atoms with Gasteiger partial charge in [0.2, 0.25) is 0 Å². The quantitative estimate of drug-likeness (QED) is 0.572. The second-order valence-electron chi connectivity index (χ2n) is 1.45. The second-order valence-corrected chi connectivity index (χ2v) is 1.45. The number of hydrogen-bond donors (Lipinski definition) is 1. The minimum atomic E-state index is -0.522. The number of carbonyl (C=O) groups excluding carboxylic acids is 1. The lowest BCUT2D eigenvalue weighted by Gasteiger charge is -2.11. The maximum atomic E-state index is 10.3. The fourth-order valence-corrected chi connectivity index (χ4v) is 0.443. The van der Waals surface area contributed by atoms with Crippen molar-refractivity contribution in [1.29, 1.82) is 0 Å². The standard InChI is InChI=1S/C5H6N2O2.ClH/c6-5(8)7-1-3-9-4-2-7;/h1-4H,(H2,6,8);1H. The molecule has 0 saturated carbocycles. The number of nitrogens with zero attached hydrogens (tertiary/aromatic N) is 1. The summed E-state index contributed by atoms with van der Waals surface area (Å²) >= 11 is 0. The first-order chi connectivity index (χ1) is 4.30. The molecule has 56 valence electrons. The molecule has 0 atom stereocenters. The molecule has 1 aliphatic heterocycles. The van der Waals surface area contributed by atoms with Crippen molar-refractivity contribution < 1.29 is 9.53 Å². The minimum Gasteiger partial charge on any atom is -0.470 e. The van der Waals surface area contributed by atoms with E-state index in [4.69, 9.17) is 5.73 Å². The molecule has 0 aliphatic carbocycles. The molecule has 1 heterocycles. The molecule has 5 heteroatoms. The van der Waals surface area contributed by atoms with E-state index < -0.39 is 6.03 Å². The van der Waals surface area contributed by atoms with Crippen LogP contribution in [0.25, 0.3) is 0 Å². The average Bonchev–Trinajstić information content (AvgIpc) is 1.90. The maximum absolute atomic E-state index is 10.3. The van der Waals surface area contributed by atoms with Crippen LogP contribution in [0.4, 0.5) is 4.79 Å². The summed E-state index contributed by atoms with van der Waals surface area (Å²) in [4.78, 5) is 11.6. The number of carbonyl (C=O) groups is 1. The molecule has 0 saturated heterocycles. The van der Waals surface area contributed by atoms with E-state index in [0.717, 1.165) is 0 Å². The zero-order valence-electron chi connectivity index (χ0n) is 5.06. The Kier molecular flexibility index (Phi) is 3.35. The highest BCUT2D eigenvalue weighted by Crippen LogP contribution is 1.97. The highest BCUT2D eigenvalue weighted by Gasteiger charge is 2.02. The molecule has 2 N–H and O–H groups in total. The Balaban J connectivity index is 0.000000810. The van der Waals surface area contributed by atoms with Crippen molar-refractivity contribution in [2.24, 2.45) is 5.73 Å². The Labute approximate surface area is 64.3 Å². The van der Waals surface area contributed by atoms with E-state index in [-0.39, 0.29) is 12.4 Å². The lowest BCUT2D eigenvalue weighted by molar-refractivity contribution is 0.231. The first-order valence-corrected chi connectivity index (χ1v) is 2.37. The van der Waals surface area contributed by atoms with Crippen LogP contribution in [0.1, 0.15) is 0 Å². The number of hydrogen-bond acceptors (Lipinski definition) is 2. The van der Waals surface area contributed by atoms with E-state index in [9.17, 15) is 4.79 Å². The second kappa shape index (κ2) is 3.79. The van der Waals surface area contributed by atoms with Crippen molar-refractivity contribution in [3.05, 3.63) is 24.9 Å². The predicted octanol–water partition coefficient (Wildman–Crippen LogP) is 0.762. The van der Waals surface area contributed by atoms with E-state index >= 15 is 0 Å². The number of primary amides is 1. The van der Waals surface area contributed by atoms with E-state index in [1.54, 1.807) is 0 Å². The highest BCUT2D eigenvalue weighted by atomic mass is 35.5. The fraction of sp³-hybridized carbons (Fsp3) is 0. The lowest BCUT2D eigenvalue weighted by Crippen LogP contribution is -2.27. The number of rotatable bonds is 0. The molecular weight excluding hydrogens is 156 g/mol. The lowest BCUT2D eigenvalue weighted by atomic mass is 10.6. The summed E-state index contributed by atoms with van der Waals surface area (Å²) < 4.78 is 4.64. The molecular formula is C5H7ClN2O2. The predicted molar refractivity (Wildman–Crippen MR) is 38.0 cm³/mol. The van der Waals surface area contributed by atoms with Gasteiger partial charge in [-0.05, 0) is 0 Å². The molecule has 0 aromatic rings. The van der Waals surface area contributed by atoms with E-state index in [0.29, 0.717) is 0 Å². The topological polar surface area (TPSA) is 55.6 Å². The number of urea groups is 1. The van der Waals surface area contributed by atoms with Crippen LogP contribution in [0.15, 0.2) is 24.9 Å². The molecule has 0 radical (unpaired) electrons. The Morgan fingerprint density at radius 3 is 2.20 bits per heavy atom. The zero-order valence-corrected chi connectivity index (χ0v) is 5.88. The van der Waals surface area contributed by atoms with Crippen LogP contribution in [-0.2, 0) is 4.74 Å². The zero-order chi connectivity index (χ0) is 6.69. The first kappa shape index (κ1) is 8.84. The van der Waals surface area contributed by atoms with Crippen LogP contribution in [0.2, 0.25) is 0 Å². The summed E-state index contributed by atoms with van der Waals surface area (Å²) in [5, 5.41) is 0. The van der Waals surface area contributed by atoms with E-state index in [2.05, 4.69) is 4.74 Å². The maximum Gasteiger partial charge on any atom is 0.323 e. The summed E-state index contributed by atoms with van der Waals surface area (Å²) in [6.45, 7) is 0. The minimum absolute atomic E-state index is 0. The third kappa shape index (κ3) is 1.99. The number of ether oxygens (including phenoxy) is 1. The van der Waals surface area contributed by atoms with Gasteiger partial charge >= 0.3 is 6.03 Å². The number of halogens is 1. The third-order valence-corrected chi connectivity index (χ3v) is 0.855. The van der Waals surface area contributed by atoms with Crippen LogP contribution >= 0.6 is 12.4 Å². The van der Waals surface area contributed by atoms with E-state index in [1.165, 1.54) is 29.8 Å². The van der Waals surface area contributed by atoms with Gasteiger partial charge in [-0.25, -0.2) is 4.79 Å². The van der Waals surface area contributed by atoms with Gasteiger partial charge in [0.05, 0.1) is 0 Å². The molecule has 1 rings (SSSR count). The van der Waals surface area contributed by atoms with Crippen molar-refractivity contribution in [2.75, 3.05) is 0 Å². The van der Waals surface area contributed by atoms with Crippen LogP contribution in [-0.4, -0.2) is 10.9 Å². The van der Waals surface area contributed by atoms with Crippen molar-refractivity contribution >= 4 is 18.4 Å². The van der Waals surface area contributed by atoms with Gasteiger partial charge < -0.3 is 10.5 Å². The summed E-state index contributed by atoms with van der Waals surface area (Å²) in [6.07, 6.45) is 5.60. The Morgan fingerprint density at radius 2 is 1.90 bits per heavy atom. The molecule has 0 fully saturated rings. The van der Waals surface area contributed by atoms with Gasteiger partial charge in [0.15, 0.2) is 0 Å². The van der Waals surface area contributed by atoms with Gasteiger partial charge in [0.1, 0.15) is 12.5 Å². The SMILES string of the molecule is Cl.NC(=O)N1C=COC=C1. The highest BCUT2D eigenvalue weighted by molar-refractivity contribution is 5.85. The molecule has 2 amide bonds. The molecule has 10 heavy (non-hydrogen) atoms. The van der Waals surface area contributed by atoms with Crippen LogP contribution in [0.3, 0.4) is 0 Å². The Hall–Kier alpha value is -1.16. The van der Waals surface area contributed by atoms with Gasteiger partial charge in [-0.15, -0.1) is 12.4 Å².